The van der Waals surface area contributed by atoms with Crippen LogP contribution in [0, 0.1) is 39.8 Å². The first kappa shape index (κ1) is 39.2. The summed E-state index contributed by atoms with van der Waals surface area (Å²) in [5.74, 6) is 0.893. The molecular weight excluding hydrogens is 903 g/mol. The largest absolute Gasteiger partial charge is 0.495 e. The van der Waals surface area contributed by atoms with E-state index in [1.807, 2.05) is 54.1 Å². The van der Waals surface area contributed by atoms with Crippen molar-refractivity contribution in [3.05, 3.63) is 193 Å². The monoisotopic (exact) mass is 944 g/mol. The third kappa shape index (κ3) is 7.36. The number of aryl methyl sites for hydroxylation is 3. The number of para-hydroxylation sites is 1. The molecule has 6 nitrogen and oxygen atoms in total. The summed E-state index contributed by atoms with van der Waals surface area (Å²) >= 11 is 0. The average molecular weight is 944 g/mol. The molecule has 10 aromatic rings. The molecule has 1 radical (unpaired) electrons. The summed E-state index contributed by atoms with van der Waals surface area (Å²) in [4.78, 5) is 9.36. The van der Waals surface area contributed by atoms with Gasteiger partial charge in [-0.3, -0.25) is 9.67 Å². The molecule has 0 saturated heterocycles. The Kier molecular flexibility index (Phi) is 11.1. The second-order valence-electron chi connectivity index (χ2n) is 14.5. The van der Waals surface area contributed by atoms with E-state index in [9.17, 15) is 0 Å². The summed E-state index contributed by atoms with van der Waals surface area (Å²) in [6.45, 7) is 8.32. The molecule has 0 saturated carbocycles. The Hall–Kier alpha value is -6.66. The van der Waals surface area contributed by atoms with E-state index in [-0.39, 0.29) is 20.1 Å². The van der Waals surface area contributed by atoms with Gasteiger partial charge in [-0.1, -0.05) is 109 Å². The fraction of sp³-hybridized carbons (Fsp3) is 0.0962. The Labute approximate surface area is 358 Å². The van der Waals surface area contributed by atoms with Gasteiger partial charge >= 0.3 is 0 Å². The van der Waals surface area contributed by atoms with Gasteiger partial charge in [0.2, 0.25) is 0 Å². The van der Waals surface area contributed by atoms with E-state index in [4.69, 9.17) is 9.84 Å². The molecule has 4 aromatic heterocycles. The first-order chi connectivity index (χ1) is 28.4. The summed E-state index contributed by atoms with van der Waals surface area (Å²) in [6, 6.07) is 56.7. The molecular formula is C52H41IrN5O-2. The van der Waals surface area contributed by atoms with Crippen molar-refractivity contribution in [2.24, 2.45) is 0 Å². The van der Waals surface area contributed by atoms with E-state index in [1.54, 1.807) is 13.3 Å². The average Bonchev–Trinajstić information content (AvgIpc) is 3.82. The minimum Gasteiger partial charge on any atom is -0.495 e. The quantitative estimate of drug-likeness (QED) is 0.123. The number of rotatable bonds is 6. The molecule has 0 spiro atoms. The Balaban J connectivity index is 0.000000170. The predicted octanol–water partition coefficient (Wildman–Crippen LogP) is 12.4. The topological polar surface area (TPSA) is 57.2 Å². The Morgan fingerprint density at radius 2 is 1.27 bits per heavy atom. The molecule has 0 bridgehead atoms. The minimum atomic E-state index is 0. The predicted molar refractivity (Wildman–Crippen MR) is 236 cm³/mol. The summed E-state index contributed by atoms with van der Waals surface area (Å²) < 4.78 is 10.0. The van der Waals surface area contributed by atoms with Crippen molar-refractivity contribution in [2.45, 2.75) is 27.7 Å². The van der Waals surface area contributed by atoms with Gasteiger partial charge in [-0.15, -0.1) is 18.2 Å². The second kappa shape index (κ2) is 16.7. The number of nitrogens with zero attached hydrogens (tertiary/aromatic N) is 5. The molecule has 0 aliphatic carbocycles. The molecule has 7 heteroatoms. The minimum absolute atomic E-state index is 0. The van der Waals surface area contributed by atoms with Crippen LogP contribution in [0.4, 0.5) is 0 Å². The fourth-order valence-electron chi connectivity index (χ4n) is 8.10. The molecule has 6 aromatic carbocycles. The van der Waals surface area contributed by atoms with Crippen LogP contribution < -0.4 is 4.74 Å². The Morgan fingerprint density at radius 1 is 0.627 bits per heavy atom. The fourth-order valence-corrected chi connectivity index (χ4v) is 8.10. The van der Waals surface area contributed by atoms with Crippen LogP contribution in [0.5, 0.6) is 5.75 Å². The van der Waals surface area contributed by atoms with Crippen molar-refractivity contribution < 1.29 is 24.8 Å². The van der Waals surface area contributed by atoms with Crippen LogP contribution in [0.15, 0.2) is 158 Å². The second-order valence-corrected chi connectivity index (χ2v) is 14.5. The first-order valence-corrected chi connectivity index (χ1v) is 19.4. The smallest absolute Gasteiger partial charge is 0.134 e. The normalized spacial score (nSPS) is 11.0. The summed E-state index contributed by atoms with van der Waals surface area (Å²) in [5.41, 5.74) is 17.4. The number of ether oxygens (including phenoxy) is 1. The number of fused-ring (bicyclic) bond motifs is 6. The van der Waals surface area contributed by atoms with E-state index in [0.29, 0.717) is 0 Å². The molecule has 0 amide bonds. The molecule has 0 atom stereocenters. The maximum absolute atomic E-state index is 5.93. The Bertz CT molecular complexity index is 3060. The van der Waals surface area contributed by atoms with Gasteiger partial charge in [0.25, 0.3) is 0 Å². The standard InChI is InChI=1S/C31H27N2O.C21H14N3.Ir/c1-21-19-28(24-11-7-5-8-12-24)31(34-4)29(20-21)25-15-17-26(18-16-25)30-22(2)32-33(23(30)3)27-13-9-6-10-14-27;1-14-13-24-18-11-5-9-16(15-7-3-2-4-8-15)19(18)20-17(21(24)23-14)10-6-12-22-20;/h5-13,15-20H,1-4H3;2-9,11-13H,1H3;/q2*-1;. The number of aromatic nitrogens is 5. The zero-order chi connectivity index (χ0) is 39.8. The van der Waals surface area contributed by atoms with Crippen molar-refractivity contribution in [1.82, 2.24) is 24.1 Å². The molecule has 0 aliphatic rings. The maximum Gasteiger partial charge on any atom is 0.134 e. The van der Waals surface area contributed by atoms with Gasteiger partial charge in [0.15, 0.2) is 0 Å². The van der Waals surface area contributed by atoms with Crippen molar-refractivity contribution >= 4 is 27.5 Å². The van der Waals surface area contributed by atoms with Crippen LogP contribution in [-0.4, -0.2) is 31.3 Å². The molecule has 0 fully saturated rings. The van der Waals surface area contributed by atoms with Gasteiger partial charge in [-0.2, -0.15) is 29.4 Å². The van der Waals surface area contributed by atoms with E-state index in [1.165, 1.54) is 16.7 Å². The molecule has 291 valence electrons. The van der Waals surface area contributed by atoms with Crippen LogP contribution in [-0.2, 0) is 20.1 Å². The summed E-state index contributed by atoms with van der Waals surface area (Å²) in [7, 11) is 1.75. The van der Waals surface area contributed by atoms with E-state index >= 15 is 0 Å². The van der Waals surface area contributed by atoms with Gasteiger partial charge in [-0.25, -0.2) is 0 Å². The number of hydrogen-bond donors (Lipinski definition) is 0. The van der Waals surface area contributed by atoms with Gasteiger partial charge in [0.05, 0.1) is 18.5 Å². The summed E-state index contributed by atoms with van der Waals surface area (Å²) in [6.07, 6.45) is 3.88. The molecule has 0 unspecified atom stereocenters. The number of benzene rings is 6. The van der Waals surface area contributed by atoms with Crippen molar-refractivity contribution in [3.8, 4) is 55.9 Å². The van der Waals surface area contributed by atoms with Crippen LogP contribution in [0.3, 0.4) is 0 Å². The summed E-state index contributed by atoms with van der Waals surface area (Å²) in [5, 5.41) is 6.89. The molecule has 10 rings (SSSR count). The number of imidazole rings is 1. The van der Waals surface area contributed by atoms with Gasteiger partial charge in [-0.05, 0) is 95.9 Å². The molecule has 0 N–H and O–H groups in total. The molecule has 4 heterocycles. The zero-order valence-electron chi connectivity index (χ0n) is 33.5. The van der Waals surface area contributed by atoms with Gasteiger partial charge < -0.3 is 14.1 Å². The van der Waals surface area contributed by atoms with Crippen molar-refractivity contribution in [3.63, 3.8) is 0 Å². The maximum atomic E-state index is 5.93. The third-order valence-corrected chi connectivity index (χ3v) is 10.6. The van der Waals surface area contributed by atoms with Crippen LogP contribution in [0.2, 0.25) is 0 Å². The SMILES string of the molecule is COc1c(-c2ccccc2)cc(C)cc1-c1ccc(-c2c(C)nn(-c3[c-]cccc3)c2C)cc1.Cc1cn2c3cccc(-c4ccccc4)c3c3ncc[c-]c3c2n1.[Ir]. The van der Waals surface area contributed by atoms with E-state index in [2.05, 4.69) is 157 Å². The van der Waals surface area contributed by atoms with Gasteiger partial charge in [0.1, 0.15) is 5.75 Å². The van der Waals surface area contributed by atoms with E-state index < -0.39 is 0 Å². The van der Waals surface area contributed by atoms with Crippen LogP contribution >= 0.6 is 0 Å². The Morgan fingerprint density at radius 3 is 1.93 bits per heavy atom. The number of methoxy groups -OCH3 is 1. The molecule has 59 heavy (non-hydrogen) atoms. The molecule has 0 aliphatic heterocycles. The third-order valence-electron chi connectivity index (χ3n) is 10.6. The van der Waals surface area contributed by atoms with Crippen LogP contribution in [0.1, 0.15) is 22.6 Å². The first-order valence-electron chi connectivity index (χ1n) is 19.4. The van der Waals surface area contributed by atoms with Crippen LogP contribution in [0.25, 0.3) is 77.6 Å². The number of hydrogen-bond acceptors (Lipinski definition) is 4. The van der Waals surface area contributed by atoms with Gasteiger partial charge in [0, 0.05) is 59.9 Å². The van der Waals surface area contributed by atoms with E-state index in [0.717, 1.165) is 89.4 Å². The van der Waals surface area contributed by atoms with Crippen molar-refractivity contribution in [1.29, 1.82) is 0 Å². The zero-order valence-corrected chi connectivity index (χ0v) is 35.9. The number of pyridine rings is 2. The van der Waals surface area contributed by atoms with Crippen molar-refractivity contribution in [2.75, 3.05) is 7.11 Å².